The van der Waals surface area contributed by atoms with Crippen LogP contribution in [0.15, 0.2) is 41.3 Å². The lowest BCUT2D eigenvalue weighted by Gasteiger charge is -2.14. The van der Waals surface area contributed by atoms with Gasteiger partial charge in [-0.2, -0.15) is 13.2 Å². The van der Waals surface area contributed by atoms with Gasteiger partial charge in [0, 0.05) is 10.5 Å². The summed E-state index contributed by atoms with van der Waals surface area (Å²) in [6, 6.07) is 8.37. The van der Waals surface area contributed by atoms with Gasteiger partial charge >= 0.3 is 12.1 Å². The van der Waals surface area contributed by atoms with Gasteiger partial charge in [-0.15, -0.1) is 12.6 Å². The molecule has 3 nitrogen and oxygen atoms in total. The number of hydrogen-bond donors (Lipinski definition) is 1. The van der Waals surface area contributed by atoms with Crippen molar-refractivity contribution in [2.24, 2.45) is 0 Å². The molecule has 0 fully saturated rings. The maximum atomic E-state index is 12.8. The highest BCUT2D eigenvalue weighted by molar-refractivity contribution is 7.80. The van der Waals surface area contributed by atoms with Crippen molar-refractivity contribution >= 4 is 18.6 Å². The largest absolute Gasteiger partial charge is 0.496 e. The fourth-order valence-corrected chi connectivity index (χ4v) is 2.72. The highest BCUT2D eigenvalue weighted by atomic mass is 32.1. The Morgan fingerprint density at radius 1 is 1.12 bits per heavy atom. The van der Waals surface area contributed by atoms with Gasteiger partial charge in [-0.05, 0) is 42.3 Å². The van der Waals surface area contributed by atoms with E-state index in [2.05, 4.69) is 12.6 Å². The third-order valence-corrected chi connectivity index (χ3v) is 3.90. The highest BCUT2D eigenvalue weighted by Gasteiger charge is 2.31. The lowest BCUT2D eigenvalue weighted by molar-refractivity contribution is -0.142. The van der Waals surface area contributed by atoms with E-state index in [-0.39, 0.29) is 23.9 Å². The molecule has 0 aromatic heterocycles. The third kappa shape index (κ3) is 4.69. The number of thiol groups is 1. The van der Waals surface area contributed by atoms with Gasteiger partial charge in [0.25, 0.3) is 0 Å². The summed E-state index contributed by atoms with van der Waals surface area (Å²) >= 11 is 4.19. The SMILES string of the molecule is CCOC(=O)Cc1ccc(OC)c(-c2ccc(C(F)(F)F)cc2S)c1. The zero-order valence-electron chi connectivity index (χ0n) is 13.7. The predicted octanol–water partition coefficient (Wildman–Crippen LogP) is 4.78. The second kappa shape index (κ2) is 7.82. The van der Waals surface area contributed by atoms with Crippen molar-refractivity contribution in [2.75, 3.05) is 13.7 Å². The van der Waals surface area contributed by atoms with E-state index in [9.17, 15) is 18.0 Å². The number of rotatable bonds is 5. The minimum absolute atomic E-state index is 0.0629. The van der Waals surface area contributed by atoms with Gasteiger partial charge in [-0.1, -0.05) is 12.1 Å². The number of esters is 1. The van der Waals surface area contributed by atoms with Crippen LogP contribution in [0.5, 0.6) is 5.75 Å². The molecule has 2 aromatic rings. The molecular formula is C18H17F3O3S. The molecule has 0 saturated carbocycles. The molecule has 0 saturated heterocycles. The van der Waals surface area contributed by atoms with E-state index < -0.39 is 11.7 Å². The van der Waals surface area contributed by atoms with Gasteiger partial charge in [0.05, 0.1) is 25.7 Å². The average Bonchev–Trinajstić information content (AvgIpc) is 2.54. The van der Waals surface area contributed by atoms with Crippen LogP contribution in [-0.2, 0) is 22.1 Å². The lowest BCUT2D eigenvalue weighted by atomic mass is 9.99. The Labute approximate surface area is 149 Å². The maximum Gasteiger partial charge on any atom is 0.416 e. The Morgan fingerprint density at radius 2 is 1.84 bits per heavy atom. The maximum absolute atomic E-state index is 12.8. The minimum Gasteiger partial charge on any atom is -0.496 e. The molecule has 0 N–H and O–H groups in total. The van der Waals surface area contributed by atoms with E-state index in [1.807, 2.05) is 0 Å². The van der Waals surface area contributed by atoms with Crippen LogP contribution in [0.3, 0.4) is 0 Å². The summed E-state index contributed by atoms with van der Waals surface area (Å²) in [6.45, 7) is 1.99. The third-order valence-electron chi connectivity index (χ3n) is 3.53. The fraction of sp³-hybridized carbons (Fsp3) is 0.278. The van der Waals surface area contributed by atoms with Crippen LogP contribution in [0.2, 0.25) is 0 Å². The number of carbonyl (C=O) groups excluding carboxylic acids is 1. The fourth-order valence-electron chi connectivity index (χ4n) is 2.39. The van der Waals surface area contributed by atoms with Gasteiger partial charge in [-0.3, -0.25) is 4.79 Å². The van der Waals surface area contributed by atoms with Crippen molar-refractivity contribution in [3.05, 3.63) is 47.5 Å². The van der Waals surface area contributed by atoms with E-state index in [0.29, 0.717) is 22.4 Å². The summed E-state index contributed by atoms with van der Waals surface area (Å²) in [5.74, 6) is 0.0970. The number of hydrogen-bond acceptors (Lipinski definition) is 4. The van der Waals surface area contributed by atoms with Crippen LogP contribution in [0.1, 0.15) is 18.1 Å². The summed E-state index contributed by atoms with van der Waals surface area (Å²) in [5.41, 5.74) is 0.937. The first-order valence-corrected chi connectivity index (χ1v) is 7.94. The van der Waals surface area contributed by atoms with Crippen LogP contribution in [0.4, 0.5) is 13.2 Å². The Balaban J connectivity index is 2.45. The summed E-state index contributed by atoms with van der Waals surface area (Å²) in [5, 5.41) is 0. The topological polar surface area (TPSA) is 35.5 Å². The molecule has 0 unspecified atom stereocenters. The number of carbonyl (C=O) groups is 1. The molecule has 2 rings (SSSR count). The van der Waals surface area contributed by atoms with Crippen LogP contribution >= 0.6 is 12.6 Å². The van der Waals surface area contributed by atoms with Gasteiger partial charge in [-0.25, -0.2) is 0 Å². The first kappa shape index (κ1) is 19.2. The summed E-state index contributed by atoms with van der Waals surface area (Å²) in [4.78, 5) is 11.8. The normalized spacial score (nSPS) is 11.3. The van der Waals surface area contributed by atoms with E-state index in [0.717, 1.165) is 12.1 Å². The van der Waals surface area contributed by atoms with Crippen molar-refractivity contribution in [2.45, 2.75) is 24.4 Å². The number of benzene rings is 2. The highest BCUT2D eigenvalue weighted by Crippen LogP contribution is 2.38. The zero-order chi connectivity index (χ0) is 18.6. The van der Waals surface area contributed by atoms with Gasteiger partial charge in [0.15, 0.2) is 0 Å². The molecule has 25 heavy (non-hydrogen) atoms. The molecule has 0 aliphatic carbocycles. The lowest BCUT2D eigenvalue weighted by Crippen LogP contribution is -2.07. The Kier molecular flexibility index (Phi) is 6.00. The zero-order valence-corrected chi connectivity index (χ0v) is 14.6. The number of ether oxygens (including phenoxy) is 2. The Bertz CT molecular complexity index is 773. The van der Waals surface area contributed by atoms with Crippen molar-refractivity contribution in [1.82, 2.24) is 0 Å². The smallest absolute Gasteiger partial charge is 0.416 e. The summed E-state index contributed by atoms with van der Waals surface area (Å²) in [6.07, 6.45) is -4.38. The van der Waals surface area contributed by atoms with Crippen molar-refractivity contribution in [3.63, 3.8) is 0 Å². The minimum atomic E-state index is -4.44. The van der Waals surface area contributed by atoms with E-state index in [1.165, 1.54) is 13.2 Å². The first-order chi connectivity index (χ1) is 11.8. The van der Waals surface area contributed by atoms with E-state index in [1.54, 1.807) is 25.1 Å². The number of alkyl halides is 3. The van der Waals surface area contributed by atoms with Crippen LogP contribution in [0, 0.1) is 0 Å². The molecule has 0 aliphatic heterocycles. The number of methoxy groups -OCH3 is 1. The first-order valence-electron chi connectivity index (χ1n) is 7.49. The average molecular weight is 370 g/mol. The molecular weight excluding hydrogens is 353 g/mol. The standard InChI is InChI=1S/C18H17F3O3S/c1-3-24-17(22)9-11-4-7-15(23-2)14(8-11)13-6-5-12(10-16(13)25)18(19,20)21/h4-8,10,25H,3,9H2,1-2H3. The van der Waals surface area contributed by atoms with E-state index in [4.69, 9.17) is 9.47 Å². The second-order valence-corrected chi connectivity index (χ2v) is 5.73. The monoisotopic (exact) mass is 370 g/mol. The van der Waals surface area contributed by atoms with Gasteiger partial charge in [0.2, 0.25) is 0 Å². The quantitative estimate of drug-likeness (QED) is 0.608. The molecule has 0 atom stereocenters. The predicted molar refractivity (Wildman–Crippen MR) is 91.0 cm³/mol. The van der Waals surface area contributed by atoms with Crippen LogP contribution in [0.25, 0.3) is 11.1 Å². The molecule has 0 radical (unpaired) electrons. The van der Waals surface area contributed by atoms with Crippen LogP contribution < -0.4 is 4.74 Å². The molecule has 0 spiro atoms. The molecule has 134 valence electrons. The Morgan fingerprint density at radius 3 is 2.40 bits per heavy atom. The van der Waals surface area contributed by atoms with Gasteiger partial charge in [0.1, 0.15) is 5.75 Å². The summed E-state index contributed by atoms with van der Waals surface area (Å²) < 4.78 is 48.7. The molecule has 7 heteroatoms. The van der Waals surface area contributed by atoms with E-state index >= 15 is 0 Å². The van der Waals surface area contributed by atoms with Crippen LogP contribution in [-0.4, -0.2) is 19.7 Å². The molecule has 2 aromatic carbocycles. The van der Waals surface area contributed by atoms with Crippen molar-refractivity contribution < 1.29 is 27.4 Å². The van der Waals surface area contributed by atoms with Crippen molar-refractivity contribution in [3.8, 4) is 16.9 Å². The van der Waals surface area contributed by atoms with Gasteiger partial charge < -0.3 is 9.47 Å². The summed E-state index contributed by atoms with van der Waals surface area (Å²) in [7, 11) is 1.46. The molecule has 0 amide bonds. The van der Waals surface area contributed by atoms with Crippen molar-refractivity contribution in [1.29, 1.82) is 0 Å². The molecule has 0 heterocycles. The Hall–Kier alpha value is -2.15. The molecule has 0 aliphatic rings. The molecule has 0 bridgehead atoms. The number of halogens is 3. The second-order valence-electron chi connectivity index (χ2n) is 5.25.